The zero-order valence-corrected chi connectivity index (χ0v) is 28.2. The van der Waals surface area contributed by atoms with Crippen LogP contribution in [-0.2, 0) is 29.1 Å². The molecule has 3 amide bonds. The molecule has 0 spiro atoms. The van der Waals surface area contributed by atoms with Crippen molar-refractivity contribution in [2.75, 3.05) is 45.0 Å². The Morgan fingerprint density at radius 1 is 1.04 bits per heavy atom. The Morgan fingerprint density at radius 2 is 1.73 bits per heavy atom. The lowest BCUT2D eigenvalue weighted by Gasteiger charge is -2.34. The Balaban J connectivity index is 1.64. The van der Waals surface area contributed by atoms with Crippen molar-refractivity contribution in [2.24, 2.45) is 11.3 Å². The summed E-state index contributed by atoms with van der Waals surface area (Å²) in [5.41, 5.74) is 1.64. The first-order valence-electron chi connectivity index (χ1n) is 14.9. The van der Waals surface area contributed by atoms with Crippen LogP contribution in [0.25, 0.3) is 0 Å². The van der Waals surface area contributed by atoms with Gasteiger partial charge in [-0.15, -0.1) is 0 Å². The van der Waals surface area contributed by atoms with Gasteiger partial charge in [0.15, 0.2) is 11.5 Å². The molecular weight excluding hydrogens is 622 g/mol. The van der Waals surface area contributed by atoms with E-state index in [4.69, 9.17) is 25.8 Å². The zero-order valence-electron chi connectivity index (χ0n) is 26.6. The van der Waals surface area contributed by atoms with E-state index in [1.807, 2.05) is 37.6 Å². The van der Waals surface area contributed by atoms with Gasteiger partial charge < -0.3 is 24.0 Å². The Bertz CT molecular complexity index is 1530. The molecule has 2 aromatic carbocycles. The van der Waals surface area contributed by atoms with Crippen molar-refractivity contribution in [2.45, 2.75) is 58.7 Å². The molecule has 2 heterocycles. The summed E-state index contributed by atoms with van der Waals surface area (Å²) in [6, 6.07) is 10.7. The molecule has 2 aromatic rings. The van der Waals surface area contributed by atoms with E-state index in [2.05, 4.69) is 0 Å². The summed E-state index contributed by atoms with van der Waals surface area (Å²) in [7, 11) is -0.560. The Labute approximate surface area is 270 Å². The molecule has 0 bridgehead atoms. The number of hydrogen-bond donors (Lipinski definition) is 1. The summed E-state index contributed by atoms with van der Waals surface area (Å²) in [5.74, 6) is -0.262. The highest BCUT2D eigenvalue weighted by Gasteiger charge is 2.41. The molecule has 0 unspecified atom stereocenters. The van der Waals surface area contributed by atoms with Crippen LogP contribution in [-0.4, -0.2) is 77.3 Å². The van der Waals surface area contributed by atoms with Crippen LogP contribution in [0.15, 0.2) is 36.4 Å². The van der Waals surface area contributed by atoms with Gasteiger partial charge in [0.2, 0.25) is 21.8 Å². The van der Waals surface area contributed by atoms with Crippen LogP contribution in [0.5, 0.6) is 11.5 Å². The lowest BCUT2D eigenvalue weighted by Crippen LogP contribution is -2.47. The molecule has 0 aromatic heterocycles. The lowest BCUT2D eigenvalue weighted by atomic mass is 9.93. The van der Waals surface area contributed by atoms with E-state index in [9.17, 15) is 22.8 Å². The summed E-state index contributed by atoms with van der Waals surface area (Å²) in [5, 5.41) is 0.468. The number of benzene rings is 2. The molecule has 45 heavy (non-hydrogen) atoms. The summed E-state index contributed by atoms with van der Waals surface area (Å²) in [6.07, 6.45) is -0.0547. The van der Waals surface area contributed by atoms with E-state index < -0.39 is 28.1 Å². The van der Waals surface area contributed by atoms with Gasteiger partial charge in [-0.05, 0) is 48.4 Å². The number of rotatable bonds is 9. The van der Waals surface area contributed by atoms with Crippen molar-refractivity contribution in [1.82, 2.24) is 9.62 Å². The number of carbonyl (C=O) groups excluding carboxylic acids is 3. The molecule has 2 aliphatic rings. The van der Waals surface area contributed by atoms with Gasteiger partial charge in [-0.2, -0.15) is 0 Å². The third kappa shape index (κ3) is 8.68. The van der Waals surface area contributed by atoms with Gasteiger partial charge >= 0.3 is 0 Å². The number of likely N-dealkylation sites (tertiary alicyclic amines) is 1. The number of fused-ring (bicyclic) bond motifs is 1. The second-order valence-corrected chi connectivity index (χ2v) is 15.0. The van der Waals surface area contributed by atoms with Gasteiger partial charge in [0, 0.05) is 47.9 Å². The normalized spacial score (nSPS) is 19.5. The molecule has 0 aliphatic carbocycles. The zero-order chi connectivity index (χ0) is 33.1. The van der Waals surface area contributed by atoms with E-state index in [-0.39, 0.29) is 36.0 Å². The predicted octanol–water partition coefficient (Wildman–Crippen LogP) is 4.32. The van der Waals surface area contributed by atoms with Crippen molar-refractivity contribution < 1.29 is 37.0 Å². The predicted molar refractivity (Wildman–Crippen MR) is 171 cm³/mol. The summed E-state index contributed by atoms with van der Waals surface area (Å²) in [4.78, 5) is 43.4. The Morgan fingerprint density at radius 3 is 2.33 bits per heavy atom. The first-order chi connectivity index (χ1) is 21.1. The number of sulfonamides is 1. The molecule has 4 rings (SSSR count). The number of piperidine rings is 1. The van der Waals surface area contributed by atoms with Gasteiger partial charge in [0.25, 0.3) is 5.91 Å². The van der Waals surface area contributed by atoms with Crippen molar-refractivity contribution in [3.8, 4) is 11.5 Å². The molecule has 11 nitrogen and oxygen atoms in total. The Hall–Kier alpha value is -3.35. The highest BCUT2D eigenvalue weighted by molar-refractivity contribution is 7.89. The topological polar surface area (TPSA) is 132 Å². The summed E-state index contributed by atoms with van der Waals surface area (Å²) >= 11 is 6.50. The van der Waals surface area contributed by atoms with Crippen LogP contribution >= 0.6 is 11.6 Å². The lowest BCUT2D eigenvalue weighted by molar-refractivity contribution is -0.144. The van der Waals surface area contributed by atoms with Crippen LogP contribution in [0.4, 0.5) is 5.69 Å². The SMILES string of the molecule is COc1cccc([C@H]2O[C@H](CC(=O)N3CCC(CC(=O)NS(C)(=O)=O)CC3)C(=O)N(CC(C)(C)C)c3ccc(Cl)cc32)c1OC. The fourth-order valence-corrected chi connectivity index (χ4v) is 6.56. The third-order valence-corrected chi connectivity index (χ3v) is 8.69. The number of nitrogens with one attached hydrogen (secondary N) is 1. The van der Waals surface area contributed by atoms with Crippen molar-refractivity contribution in [3.63, 3.8) is 0 Å². The number of halogens is 1. The molecule has 2 aliphatic heterocycles. The molecule has 13 heteroatoms. The Kier molecular flexibility index (Phi) is 10.7. The van der Waals surface area contributed by atoms with Gasteiger partial charge in [-0.1, -0.05) is 44.5 Å². The standard InChI is InChI=1S/C32H42ClN3O8S/c1-32(2,3)19-36-24-11-10-21(33)17-23(24)29(22-8-7-9-25(42-4)30(22)43-5)44-26(31(36)39)18-28(38)35-14-12-20(13-15-35)16-27(37)34-45(6,40)41/h7-11,17,20,26,29H,12-16,18-19H2,1-6H3,(H,34,37)/t26-,29-/m1/s1. The smallest absolute Gasteiger partial charge is 0.256 e. The first kappa shape index (κ1) is 34.5. The highest BCUT2D eigenvalue weighted by Crippen LogP contribution is 2.45. The average molecular weight is 664 g/mol. The number of ether oxygens (including phenoxy) is 3. The molecule has 1 fully saturated rings. The van der Waals surface area contributed by atoms with Gasteiger partial charge in [-0.3, -0.25) is 19.1 Å². The molecule has 0 saturated carbocycles. The summed E-state index contributed by atoms with van der Waals surface area (Å²) < 4.78 is 42.7. The van der Waals surface area contributed by atoms with E-state index in [0.29, 0.717) is 65.8 Å². The van der Waals surface area contributed by atoms with Crippen molar-refractivity contribution in [1.29, 1.82) is 0 Å². The van der Waals surface area contributed by atoms with E-state index in [1.54, 1.807) is 34.1 Å². The highest BCUT2D eigenvalue weighted by atomic mass is 35.5. The molecule has 2 atom stereocenters. The van der Waals surface area contributed by atoms with Crippen LogP contribution < -0.4 is 19.1 Å². The second-order valence-electron chi connectivity index (χ2n) is 12.8. The van der Waals surface area contributed by atoms with Gasteiger partial charge in [0.05, 0.1) is 26.9 Å². The van der Waals surface area contributed by atoms with E-state index >= 15 is 0 Å². The fraction of sp³-hybridized carbons (Fsp3) is 0.531. The molecule has 1 N–H and O–H groups in total. The molecular formula is C32H42ClN3O8S. The maximum Gasteiger partial charge on any atom is 0.256 e. The maximum atomic E-state index is 14.3. The molecule has 246 valence electrons. The number of anilines is 1. The van der Waals surface area contributed by atoms with Crippen LogP contribution in [0.3, 0.4) is 0 Å². The minimum Gasteiger partial charge on any atom is -0.493 e. The monoisotopic (exact) mass is 663 g/mol. The number of amides is 3. The minimum absolute atomic E-state index is 0.0574. The van der Waals surface area contributed by atoms with Crippen LogP contribution in [0, 0.1) is 11.3 Å². The third-order valence-electron chi connectivity index (χ3n) is 7.85. The number of methoxy groups -OCH3 is 2. The number of para-hydroxylation sites is 1. The summed E-state index contributed by atoms with van der Waals surface area (Å²) in [6.45, 7) is 7.23. The first-order valence-corrected chi connectivity index (χ1v) is 17.1. The van der Waals surface area contributed by atoms with Crippen molar-refractivity contribution in [3.05, 3.63) is 52.5 Å². The average Bonchev–Trinajstić information content (AvgIpc) is 3.05. The van der Waals surface area contributed by atoms with Crippen molar-refractivity contribution >= 4 is 45.0 Å². The van der Waals surface area contributed by atoms with E-state index in [0.717, 1.165) is 6.26 Å². The number of carbonyl (C=O) groups is 3. The second kappa shape index (κ2) is 14.0. The van der Waals surface area contributed by atoms with Gasteiger partial charge in [0.1, 0.15) is 12.2 Å². The van der Waals surface area contributed by atoms with E-state index in [1.165, 1.54) is 14.2 Å². The largest absolute Gasteiger partial charge is 0.493 e. The minimum atomic E-state index is -3.63. The molecule has 0 radical (unpaired) electrons. The maximum absolute atomic E-state index is 14.3. The van der Waals surface area contributed by atoms with Gasteiger partial charge in [-0.25, -0.2) is 8.42 Å². The van der Waals surface area contributed by atoms with Crippen LogP contribution in [0.2, 0.25) is 5.02 Å². The molecule has 1 saturated heterocycles. The fourth-order valence-electron chi connectivity index (χ4n) is 5.89. The number of hydrogen-bond acceptors (Lipinski definition) is 8. The quantitative estimate of drug-likeness (QED) is 0.420. The number of nitrogens with zero attached hydrogens (tertiary/aromatic N) is 2. The van der Waals surface area contributed by atoms with Crippen LogP contribution in [0.1, 0.15) is 63.7 Å².